The van der Waals surface area contributed by atoms with Gasteiger partial charge in [-0.15, -0.1) is 0 Å². The van der Waals surface area contributed by atoms with Crippen LogP contribution in [-0.4, -0.2) is 22.2 Å². The van der Waals surface area contributed by atoms with Crippen LogP contribution >= 0.6 is 11.6 Å². The first-order chi connectivity index (χ1) is 11.1. The molecule has 0 aliphatic rings. The van der Waals surface area contributed by atoms with E-state index in [-0.39, 0.29) is 17.4 Å². The number of hydrogen-bond acceptors (Lipinski definition) is 6. The monoisotopic (exact) mass is 331 g/mol. The van der Waals surface area contributed by atoms with E-state index in [9.17, 15) is 10.1 Å². The highest BCUT2D eigenvalue weighted by atomic mass is 35.5. The van der Waals surface area contributed by atoms with Gasteiger partial charge in [-0.05, 0) is 24.3 Å². The van der Waals surface area contributed by atoms with E-state index in [4.69, 9.17) is 20.9 Å². The van der Waals surface area contributed by atoms with Crippen LogP contribution in [0.1, 0.15) is 0 Å². The predicted octanol–water partition coefficient (Wildman–Crippen LogP) is 3.97. The summed E-state index contributed by atoms with van der Waals surface area (Å²) in [7, 11) is 1.52. The molecule has 0 atom stereocenters. The van der Waals surface area contributed by atoms with Gasteiger partial charge in [-0.25, -0.2) is 0 Å². The zero-order valence-corrected chi connectivity index (χ0v) is 12.6. The molecule has 1 aromatic heterocycles. The molecule has 0 bridgehead atoms. The normalized spacial score (nSPS) is 10.5. The minimum atomic E-state index is -0.485. The SMILES string of the molecule is COc1ccc(Cl)cc1-c1noc(-c2cccc([N+](=O)[O-])c2)n1. The summed E-state index contributed by atoms with van der Waals surface area (Å²) >= 11 is 5.99. The third-order valence-corrected chi connectivity index (χ3v) is 3.37. The largest absolute Gasteiger partial charge is 0.496 e. The van der Waals surface area contributed by atoms with Crippen LogP contribution in [0.3, 0.4) is 0 Å². The number of ether oxygens (including phenoxy) is 1. The van der Waals surface area contributed by atoms with E-state index in [1.807, 2.05) is 0 Å². The van der Waals surface area contributed by atoms with Crippen LogP contribution in [0.25, 0.3) is 22.8 Å². The second kappa shape index (κ2) is 6.05. The molecule has 0 saturated heterocycles. The second-order valence-corrected chi connectivity index (χ2v) is 5.01. The summed E-state index contributed by atoms with van der Waals surface area (Å²) in [5, 5.41) is 15.2. The van der Waals surface area contributed by atoms with Gasteiger partial charge in [-0.1, -0.05) is 22.8 Å². The Bertz CT molecular complexity index is 879. The van der Waals surface area contributed by atoms with Gasteiger partial charge < -0.3 is 9.26 Å². The van der Waals surface area contributed by atoms with Crippen LogP contribution in [0.4, 0.5) is 5.69 Å². The van der Waals surface area contributed by atoms with Crippen molar-refractivity contribution in [2.45, 2.75) is 0 Å². The smallest absolute Gasteiger partial charge is 0.270 e. The third-order valence-electron chi connectivity index (χ3n) is 3.13. The number of hydrogen-bond donors (Lipinski definition) is 0. The molecule has 1 heterocycles. The van der Waals surface area contributed by atoms with E-state index in [0.717, 1.165) is 0 Å². The van der Waals surface area contributed by atoms with E-state index in [1.54, 1.807) is 30.3 Å². The molecule has 0 aliphatic heterocycles. The fraction of sp³-hybridized carbons (Fsp3) is 0.0667. The fourth-order valence-electron chi connectivity index (χ4n) is 2.06. The molecule has 0 unspecified atom stereocenters. The fourth-order valence-corrected chi connectivity index (χ4v) is 2.23. The van der Waals surface area contributed by atoms with Crippen LogP contribution in [0, 0.1) is 10.1 Å². The molecule has 0 radical (unpaired) electrons. The average Bonchev–Trinajstić information content (AvgIpc) is 3.05. The van der Waals surface area contributed by atoms with Gasteiger partial charge in [0.15, 0.2) is 0 Å². The van der Waals surface area contributed by atoms with Gasteiger partial charge in [-0.3, -0.25) is 10.1 Å². The molecule has 0 fully saturated rings. The number of halogens is 1. The molecule has 3 rings (SSSR count). The molecule has 0 N–H and O–H groups in total. The Labute approximate surface area is 135 Å². The van der Waals surface area contributed by atoms with E-state index >= 15 is 0 Å². The van der Waals surface area contributed by atoms with Gasteiger partial charge in [-0.2, -0.15) is 4.98 Å². The van der Waals surface area contributed by atoms with Crippen molar-refractivity contribution in [2.75, 3.05) is 7.11 Å². The molecule has 8 heteroatoms. The zero-order valence-electron chi connectivity index (χ0n) is 11.9. The number of nitro benzene ring substituents is 1. The van der Waals surface area contributed by atoms with Gasteiger partial charge in [0.25, 0.3) is 11.6 Å². The van der Waals surface area contributed by atoms with Crippen molar-refractivity contribution >= 4 is 17.3 Å². The number of benzene rings is 2. The summed E-state index contributed by atoms with van der Waals surface area (Å²) in [6.07, 6.45) is 0. The Morgan fingerprint density at radius 1 is 1.26 bits per heavy atom. The topological polar surface area (TPSA) is 91.3 Å². The van der Waals surface area contributed by atoms with Gasteiger partial charge in [0, 0.05) is 22.7 Å². The van der Waals surface area contributed by atoms with Crippen molar-refractivity contribution in [1.82, 2.24) is 10.1 Å². The average molecular weight is 332 g/mol. The first-order valence-corrected chi connectivity index (χ1v) is 6.88. The molecule has 0 amide bonds. The van der Waals surface area contributed by atoms with E-state index in [1.165, 1.54) is 19.2 Å². The Morgan fingerprint density at radius 3 is 2.83 bits per heavy atom. The molecule has 7 nitrogen and oxygen atoms in total. The highest BCUT2D eigenvalue weighted by molar-refractivity contribution is 6.30. The predicted molar refractivity (Wildman–Crippen MR) is 83.4 cm³/mol. The lowest BCUT2D eigenvalue weighted by Crippen LogP contribution is -1.90. The first kappa shape index (κ1) is 15.0. The molecular weight excluding hydrogens is 322 g/mol. The summed E-state index contributed by atoms with van der Waals surface area (Å²) in [4.78, 5) is 14.6. The van der Waals surface area contributed by atoms with Crippen LogP contribution in [-0.2, 0) is 0 Å². The van der Waals surface area contributed by atoms with E-state index < -0.39 is 4.92 Å². The maximum atomic E-state index is 10.8. The Hall–Kier alpha value is -2.93. The standard InChI is InChI=1S/C15H10ClN3O4/c1-22-13-6-5-10(16)8-12(13)14-17-15(23-18-14)9-3-2-4-11(7-9)19(20)21/h2-8H,1H3. The van der Waals surface area contributed by atoms with Crippen LogP contribution < -0.4 is 4.74 Å². The van der Waals surface area contributed by atoms with Crippen molar-refractivity contribution in [2.24, 2.45) is 0 Å². The minimum Gasteiger partial charge on any atom is -0.496 e. The molecule has 116 valence electrons. The first-order valence-electron chi connectivity index (χ1n) is 6.51. The number of methoxy groups -OCH3 is 1. The molecule has 3 aromatic rings. The van der Waals surface area contributed by atoms with Crippen molar-refractivity contribution in [3.63, 3.8) is 0 Å². The van der Waals surface area contributed by atoms with Crippen molar-refractivity contribution < 1.29 is 14.2 Å². The number of non-ortho nitro benzene ring substituents is 1. The van der Waals surface area contributed by atoms with Gasteiger partial charge in [0.2, 0.25) is 5.82 Å². The molecule has 0 spiro atoms. The summed E-state index contributed by atoms with van der Waals surface area (Å²) in [6.45, 7) is 0. The molecule has 0 aliphatic carbocycles. The third kappa shape index (κ3) is 3.00. The van der Waals surface area contributed by atoms with Crippen LogP contribution in [0.15, 0.2) is 47.0 Å². The van der Waals surface area contributed by atoms with E-state index in [2.05, 4.69) is 10.1 Å². The summed E-state index contributed by atoms with van der Waals surface area (Å²) in [5.74, 6) is 0.998. The van der Waals surface area contributed by atoms with Crippen molar-refractivity contribution in [3.05, 3.63) is 57.6 Å². The summed E-state index contributed by atoms with van der Waals surface area (Å²) < 4.78 is 10.4. The summed E-state index contributed by atoms with van der Waals surface area (Å²) in [5.41, 5.74) is 0.974. The molecule has 2 aromatic carbocycles. The quantitative estimate of drug-likeness (QED) is 0.530. The Balaban J connectivity index is 2.03. The minimum absolute atomic E-state index is 0.0532. The number of aromatic nitrogens is 2. The lowest BCUT2D eigenvalue weighted by molar-refractivity contribution is -0.384. The van der Waals surface area contributed by atoms with Crippen molar-refractivity contribution in [3.8, 4) is 28.6 Å². The highest BCUT2D eigenvalue weighted by Gasteiger charge is 2.16. The lowest BCUT2D eigenvalue weighted by atomic mass is 10.2. The number of rotatable bonds is 4. The van der Waals surface area contributed by atoms with Crippen LogP contribution in [0.5, 0.6) is 5.75 Å². The van der Waals surface area contributed by atoms with Crippen LogP contribution in [0.2, 0.25) is 5.02 Å². The number of nitro groups is 1. The Morgan fingerprint density at radius 2 is 2.09 bits per heavy atom. The maximum absolute atomic E-state index is 10.8. The molecule has 23 heavy (non-hydrogen) atoms. The number of nitrogens with zero attached hydrogens (tertiary/aromatic N) is 3. The van der Waals surface area contributed by atoms with Gasteiger partial charge in [0.1, 0.15) is 5.75 Å². The second-order valence-electron chi connectivity index (χ2n) is 4.58. The van der Waals surface area contributed by atoms with Gasteiger partial charge >= 0.3 is 0 Å². The Kier molecular flexibility index (Phi) is 3.94. The van der Waals surface area contributed by atoms with Crippen molar-refractivity contribution in [1.29, 1.82) is 0 Å². The molecular formula is C15H10ClN3O4. The maximum Gasteiger partial charge on any atom is 0.270 e. The molecule has 0 saturated carbocycles. The van der Waals surface area contributed by atoms with E-state index in [0.29, 0.717) is 21.9 Å². The lowest BCUT2D eigenvalue weighted by Gasteiger charge is -2.04. The van der Waals surface area contributed by atoms with Gasteiger partial charge in [0.05, 0.1) is 17.6 Å². The highest BCUT2D eigenvalue weighted by Crippen LogP contribution is 2.32. The summed E-state index contributed by atoms with van der Waals surface area (Å²) in [6, 6.07) is 11.0. The zero-order chi connectivity index (χ0) is 16.4.